The number of carbonyl (C=O) groups is 4. The van der Waals surface area contributed by atoms with Crippen LogP contribution in [0.2, 0.25) is 0 Å². The van der Waals surface area contributed by atoms with Gasteiger partial charge in [-0.3, -0.25) is 38.8 Å². The Morgan fingerprint density at radius 1 is 0.667 bits per heavy atom. The molecule has 1 saturated heterocycles. The molecular weight excluding hydrogens is 510 g/mol. The number of nitrogens with one attached hydrogen (secondary N) is 1. The van der Waals surface area contributed by atoms with Crippen molar-refractivity contribution < 1.29 is 39.6 Å². The molecule has 0 bridgehead atoms. The maximum Gasteiger partial charge on any atom is 0.317 e. The van der Waals surface area contributed by atoms with E-state index in [-0.39, 0.29) is 32.1 Å². The summed E-state index contributed by atoms with van der Waals surface area (Å²) in [6.07, 6.45) is 1.09. The van der Waals surface area contributed by atoms with Gasteiger partial charge in [0.2, 0.25) is 0 Å². The molecule has 1 aromatic rings. The van der Waals surface area contributed by atoms with E-state index in [0.29, 0.717) is 65.2 Å². The molecule has 0 spiro atoms. The van der Waals surface area contributed by atoms with Gasteiger partial charge in [-0.25, -0.2) is 0 Å². The molecule has 0 aromatic heterocycles. The summed E-state index contributed by atoms with van der Waals surface area (Å²) in [5, 5.41) is 40.9. The molecule has 0 aliphatic carbocycles. The molecule has 2 rings (SSSR count). The van der Waals surface area contributed by atoms with Crippen LogP contribution >= 0.6 is 0 Å². The predicted molar refractivity (Wildman–Crippen MR) is 144 cm³/mol. The first-order valence-corrected chi connectivity index (χ1v) is 13.1. The van der Waals surface area contributed by atoms with Gasteiger partial charge in [0.1, 0.15) is 0 Å². The fourth-order valence-electron chi connectivity index (χ4n) is 4.92. The van der Waals surface area contributed by atoms with Gasteiger partial charge in [-0.2, -0.15) is 0 Å². The second-order valence-electron chi connectivity index (χ2n) is 9.97. The highest BCUT2D eigenvalue weighted by molar-refractivity contribution is 5.70. The molecule has 1 aromatic carbocycles. The van der Waals surface area contributed by atoms with Crippen molar-refractivity contribution in [2.24, 2.45) is 5.92 Å². The Bertz CT molecular complexity index is 895. The zero-order valence-corrected chi connectivity index (χ0v) is 22.5. The average molecular weight is 552 g/mol. The van der Waals surface area contributed by atoms with Gasteiger partial charge >= 0.3 is 23.9 Å². The monoisotopic (exact) mass is 551 g/mol. The standard InChI is InChI=1S/C26H41N5O8/c1-27-22-5-3-20(4-6-22)13-21-14-30(18-25(36)37)11-9-28(16-23(32)33)7-2-8-29(17-24(34)35)10-12-31(15-21)19-26(38)39/h3-6,21,27H,2,7-19H2,1H3,(H,32,33)(H,34,35)(H,36,37)(H,38,39). The van der Waals surface area contributed by atoms with Gasteiger partial charge < -0.3 is 25.7 Å². The molecule has 0 unspecified atom stereocenters. The SMILES string of the molecule is CNc1ccc(CC2CN(CC(=O)O)CCN(CC(=O)O)CCCN(CC(=O)O)CCN(CC(=O)O)C2)cc1. The van der Waals surface area contributed by atoms with Crippen LogP contribution in [0.3, 0.4) is 0 Å². The van der Waals surface area contributed by atoms with Crippen molar-refractivity contribution in [2.75, 3.05) is 90.9 Å². The van der Waals surface area contributed by atoms with Gasteiger partial charge in [0.25, 0.3) is 0 Å². The number of carboxylic acid groups (broad SMARTS) is 4. The Balaban J connectivity index is 2.35. The second-order valence-corrected chi connectivity index (χ2v) is 9.97. The van der Waals surface area contributed by atoms with E-state index in [1.54, 1.807) is 19.6 Å². The molecule has 1 heterocycles. The summed E-state index contributed by atoms with van der Waals surface area (Å²) in [5.41, 5.74) is 1.97. The van der Waals surface area contributed by atoms with E-state index >= 15 is 0 Å². The van der Waals surface area contributed by atoms with Gasteiger partial charge in [0, 0.05) is 65.1 Å². The van der Waals surface area contributed by atoms with Crippen molar-refractivity contribution in [3.8, 4) is 0 Å². The fourth-order valence-corrected chi connectivity index (χ4v) is 4.92. The zero-order chi connectivity index (χ0) is 28.8. The summed E-state index contributed by atoms with van der Waals surface area (Å²) in [7, 11) is 1.82. The summed E-state index contributed by atoms with van der Waals surface area (Å²) in [4.78, 5) is 53.3. The Morgan fingerprint density at radius 3 is 1.44 bits per heavy atom. The number of hydrogen-bond donors (Lipinski definition) is 5. The van der Waals surface area contributed by atoms with Gasteiger partial charge in [-0.15, -0.1) is 0 Å². The molecule has 0 saturated carbocycles. The summed E-state index contributed by atoms with van der Waals surface area (Å²) in [5.74, 6) is -4.10. The molecule has 0 amide bonds. The Kier molecular flexibility index (Phi) is 13.6. The first-order valence-electron chi connectivity index (χ1n) is 13.1. The van der Waals surface area contributed by atoms with Gasteiger partial charge in [-0.1, -0.05) is 12.1 Å². The molecule has 218 valence electrons. The lowest BCUT2D eigenvalue weighted by molar-refractivity contribution is -0.141. The van der Waals surface area contributed by atoms with Crippen LogP contribution in [-0.4, -0.2) is 149 Å². The predicted octanol–water partition coefficient (Wildman–Crippen LogP) is -0.163. The topological polar surface area (TPSA) is 174 Å². The lowest BCUT2D eigenvalue weighted by atomic mass is 9.97. The highest BCUT2D eigenvalue weighted by Crippen LogP contribution is 2.16. The van der Waals surface area contributed by atoms with Gasteiger partial charge in [-0.05, 0) is 36.5 Å². The third kappa shape index (κ3) is 13.4. The van der Waals surface area contributed by atoms with E-state index in [9.17, 15) is 39.6 Å². The molecule has 5 N–H and O–H groups in total. The van der Waals surface area contributed by atoms with Crippen molar-refractivity contribution >= 4 is 29.6 Å². The largest absolute Gasteiger partial charge is 0.480 e. The first-order chi connectivity index (χ1) is 18.5. The van der Waals surface area contributed by atoms with Crippen molar-refractivity contribution in [3.63, 3.8) is 0 Å². The molecule has 1 aliphatic heterocycles. The van der Waals surface area contributed by atoms with Crippen molar-refractivity contribution in [3.05, 3.63) is 29.8 Å². The minimum atomic E-state index is -0.996. The van der Waals surface area contributed by atoms with Crippen molar-refractivity contribution in [1.82, 2.24) is 19.6 Å². The van der Waals surface area contributed by atoms with Gasteiger partial charge in [0.15, 0.2) is 0 Å². The Labute approximate surface area is 228 Å². The van der Waals surface area contributed by atoms with Crippen LogP contribution in [-0.2, 0) is 25.6 Å². The summed E-state index contributed by atoms with van der Waals surface area (Å²) < 4.78 is 0. The molecule has 1 fully saturated rings. The molecule has 39 heavy (non-hydrogen) atoms. The number of benzene rings is 1. The van der Waals surface area contributed by atoms with E-state index in [1.165, 1.54) is 0 Å². The molecule has 13 heteroatoms. The summed E-state index contributed by atoms with van der Waals surface area (Å²) >= 11 is 0. The van der Waals surface area contributed by atoms with E-state index in [4.69, 9.17) is 0 Å². The van der Waals surface area contributed by atoms with E-state index in [2.05, 4.69) is 5.32 Å². The normalized spacial score (nSPS) is 18.3. The fraction of sp³-hybridized carbons (Fsp3) is 0.615. The van der Waals surface area contributed by atoms with E-state index < -0.39 is 23.9 Å². The second kappa shape index (κ2) is 16.6. The number of carboxylic acids is 4. The van der Waals surface area contributed by atoms with Crippen LogP contribution in [0.5, 0.6) is 0 Å². The highest BCUT2D eigenvalue weighted by atomic mass is 16.4. The minimum absolute atomic E-state index is 0.132. The lowest BCUT2D eigenvalue weighted by Gasteiger charge is -2.34. The third-order valence-corrected chi connectivity index (χ3v) is 6.65. The number of aliphatic carboxylic acids is 4. The minimum Gasteiger partial charge on any atom is -0.480 e. The lowest BCUT2D eigenvalue weighted by Crippen LogP contribution is -2.47. The Hall–Kier alpha value is -3.26. The van der Waals surface area contributed by atoms with Crippen LogP contribution in [0.4, 0.5) is 5.69 Å². The van der Waals surface area contributed by atoms with Crippen molar-refractivity contribution in [2.45, 2.75) is 12.8 Å². The molecule has 0 radical (unpaired) electrons. The van der Waals surface area contributed by atoms with Crippen LogP contribution < -0.4 is 5.32 Å². The Morgan fingerprint density at radius 2 is 1.05 bits per heavy atom. The summed E-state index contributed by atoms with van der Waals surface area (Å²) in [6, 6.07) is 7.83. The highest BCUT2D eigenvalue weighted by Gasteiger charge is 2.24. The quantitative estimate of drug-likeness (QED) is 0.246. The number of hydrogen-bond acceptors (Lipinski definition) is 9. The molecule has 1 aliphatic rings. The zero-order valence-electron chi connectivity index (χ0n) is 22.5. The number of nitrogens with zero attached hydrogens (tertiary/aromatic N) is 4. The average Bonchev–Trinajstić information content (AvgIpc) is 2.84. The first kappa shape index (κ1) is 32.0. The third-order valence-electron chi connectivity index (χ3n) is 6.65. The van der Waals surface area contributed by atoms with Gasteiger partial charge in [0.05, 0.1) is 26.2 Å². The number of anilines is 1. The maximum absolute atomic E-state index is 11.7. The van der Waals surface area contributed by atoms with Crippen LogP contribution in [0.25, 0.3) is 0 Å². The number of rotatable bonds is 11. The van der Waals surface area contributed by atoms with E-state index in [1.807, 2.05) is 31.3 Å². The molecule has 0 atom stereocenters. The van der Waals surface area contributed by atoms with Crippen LogP contribution in [0.1, 0.15) is 12.0 Å². The van der Waals surface area contributed by atoms with Crippen LogP contribution in [0, 0.1) is 5.92 Å². The van der Waals surface area contributed by atoms with Crippen molar-refractivity contribution in [1.29, 1.82) is 0 Å². The van der Waals surface area contributed by atoms with E-state index in [0.717, 1.165) is 11.3 Å². The summed E-state index contributed by atoms with van der Waals surface area (Å²) in [6.45, 7) is 2.03. The molecular formula is C26H41N5O8. The maximum atomic E-state index is 11.7. The molecule has 13 nitrogen and oxygen atoms in total. The van der Waals surface area contributed by atoms with Crippen LogP contribution in [0.15, 0.2) is 24.3 Å². The smallest absolute Gasteiger partial charge is 0.317 e.